The van der Waals surface area contributed by atoms with Gasteiger partial charge in [0.2, 0.25) is 10.0 Å². The fourth-order valence-electron chi connectivity index (χ4n) is 4.12. The molecule has 2 aromatic rings. The summed E-state index contributed by atoms with van der Waals surface area (Å²) in [7, 11) is -3.71. The quantitative estimate of drug-likeness (QED) is 0.607. The first kappa shape index (κ1) is 24.3. The van der Waals surface area contributed by atoms with Crippen molar-refractivity contribution in [1.29, 1.82) is 0 Å². The predicted molar refractivity (Wildman–Crippen MR) is 128 cm³/mol. The first-order chi connectivity index (χ1) is 16.4. The summed E-state index contributed by atoms with van der Waals surface area (Å²) < 4.78 is 44.7. The molecule has 1 amide bonds. The molecule has 0 aliphatic carbocycles. The summed E-state index contributed by atoms with van der Waals surface area (Å²) in [5.41, 5.74) is 0.998. The van der Waals surface area contributed by atoms with Crippen LogP contribution in [-0.4, -0.2) is 77.3 Å². The van der Waals surface area contributed by atoms with E-state index in [1.807, 2.05) is 29.2 Å². The number of para-hydroxylation sites is 2. The van der Waals surface area contributed by atoms with Crippen molar-refractivity contribution in [3.05, 3.63) is 48.0 Å². The molecule has 10 heteroatoms. The molecule has 34 heavy (non-hydrogen) atoms. The third-order valence-electron chi connectivity index (χ3n) is 5.97. The number of fused-ring (bicyclic) bond motifs is 1. The van der Waals surface area contributed by atoms with Gasteiger partial charge in [0.15, 0.2) is 11.5 Å². The molecular formula is C24H31N3O6S. The molecule has 2 aliphatic heterocycles. The van der Waals surface area contributed by atoms with Crippen LogP contribution in [0.25, 0.3) is 0 Å². The normalized spacial score (nSPS) is 18.1. The molecule has 2 aromatic carbocycles. The molecular weight excluding hydrogens is 458 g/mol. The second-order valence-electron chi connectivity index (χ2n) is 8.08. The van der Waals surface area contributed by atoms with Gasteiger partial charge in [-0.2, -0.15) is 4.31 Å². The Morgan fingerprint density at radius 3 is 2.50 bits per heavy atom. The van der Waals surface area contributed by atoms with E-state index in [4.69, 9.17) is 14.2 Å². The van der Waals surface area contributed by atoms with Crippen LogP contribution >= 0.6 is 0 Å². The lowest BCUT2D eigenvalue weighted by Gasteiger charge is -2.31. The molecule has 1 saturated heterocycles. The monoisotopic (exact) mass is 489 g/mol. The van der Waals surface area contributed by atoms with Crippen LogP contribution in [0.1, 0.15) is 24.2 Å². The molecule has 2 aliphatic rings. The summed E-state index contributed by atoms with van der Waals surface area (Å²) in [6.07, 6.45) is -0.353. The second kappa shape index (κ2) is 10.6. The second-order valence-corrected chi connectivity index (χ2v) is 10.0. The van der Waals surface area contributed by atoms with Gasteiger partial charge in [-0.15, -0.1) is 0 Å². The minimum Gasteiger partial charge on any atom is -0.486 e. The number of ether oxygens (including phenoxy) is 3. The zero-order valence-electron chi connectivity index (χ0n) is 19.5. The van der Waals surface area contributed by atoms with Crippen molar-refractivity contribution in [1.82, 2.24) is 9.62 Å². The molecule has 184 valence electrons. The predicted octanol–water partition coefficient (Wildman–Crippen LogP) is 2.12. The first-order valence-electron chi connectivity index (χ1n) is 11.6. The first-order valence-corrected chi connectivity index (χ1v) is 13.0. The fraction of sp³-hybridized carbons (Fsp3) is 0.458. The Kier molecular flexibility index (Phi) is 7.60. The van der Waals surface area contributed by atoms with Crippen LogP contribution in [0.15, 0.2) is 47.4 Å². The minimum absolute atomic E-state index is 0.101. The number of rotatable bonds is 8. The summed E-state index contributed by atoms with van der Waals surface area (Å²) in [5.74, 6) is 0.948. The number of hydrogen-bond acceptors (Lipinski definition) is 7. The molecule has 0 bridgehead atoms. The van der Waals surface area contributed by atoms with Crippen LogP contribution < -0.4 is 19.7 Å². The van der Waals surface area contributed by atoms with Crippen LogP contribution in [0.2, 0.25) is 0 Å². The van der Waals surface area contributed by atoms with Gasteiger partial charge in [0.1, 0.15) is 12.7 Å². The Morgan fingerprint density at radius 2 is 1.79 bits per heavy atom. The van der Waals surface area contributed by atoms with E-state index in [1.54, 1.807) is 26.0 Å². The van der Waals surface area contributed by atoms with Crippen molar-refractivity contribution >= 4 is 21.6 Å². The highest BCUT2D eigenvalue weighted by Crippen LogP contribution is 2.31. The number of benzene rings is 2. The Morgan fingerprint density at radius 1 is 1.09 bits per heavy atom. The van der Waals surface area contributed by atoms with Crippen LogP contribution in [-0.2, 0) is 14.8 Å². The SMILES string of the molecule is CCN(CC)S(=O)(=O)c1ccc(N2CCOCC2)c(C(=O)NC[C@H]2COc3ccccc3O2)c1. The Labute approximate surface area is 200 Å². The van der Waals surface area contributed by atoms with Gasteiger partial charge in [0.05, 0.1) is 30.2 Å². The summed E-state index contributed by atoms with van der Waals surface area (Å²) in [4.78, 5) is 15.5. The van der Waals surface area contributed by atoms with Gasteiger partial charge >= 0.3 is 0 Å². The average Bonchev–Trinajstić information content (AvgIpc) is 2.88. The molecule has 0 unspecified atom stereocenters. The molecule has 1 atom stereocenters. The van der Waals surface area contributed by atoms with Gasteiger partial charge in [-0.3, -0.25) is 4.79 Å². The van der Waals surface area contributed by atoms with Crippen LogP contribution in [0.5, 0.6) is 11.5 Å². The minimum atomic E-state index is -3.71. The molecule has 1 N–H and O–H groups in total. The molecule has 9 nitrogen and oxygen atoms in total. The summed E-state index contributed by atoms with van der Waals surface area (Å²) in [5, 5.41) is 2.90. The number of amides is 1. The van der Waals surface area contributed by atoms with E-state index in [9.17, 15) is 13.2 Å². The van der Waals surface area contributed by atoms with E-state index in [0.717, 1.165) is 0 Å². The molecule has 0 aromatic heterocycles. The van der Waals surface area contributed by atoms with Crippen molar-refractivity contribution in [2.24, 2.45) is 0 Å². The molecule has 4 rings (SSSR count). The number of sulfonamides is 1. The van der Waals surface area contributed by atoms with Gasteiger partial charge < -0.3 is 24.4 Å². The van der Waals surface area contributed by atoms with Crippen LogP contribution in [0.4, 0.5) is 5.69 Å². The van der Waals surface area contributed by atoms with Crippen molar-refractivity contribution < 1.29 is 27.4 Å². The van der Waals surface area contributed by atoms with Gasteiger partial charge in [0, 0.05) is 31.9 Å². The number of morpholine rings is 1. The highest BCUT2D eigenvalue weighted by Gasteiger charge is 2.27. The summed E-state index contributed by atoms with van der Waals surface area (Å²) in [6.45, 7) is 7.17. The fourth-order valence-corrected chi connectivity index (χ4v) is 5.60. The number of anilines is 1. The van der Waals surface area contributed by atoms with Crippen molar-refractivity contribution in [2.45, 2.75) is 24.8 Å². The number of nitrogens with zero attached hydrogens (tertiary/aromatic N) is 2. The molecule has 0 radical (unpaired) electrons. The van der Waals surface area contributed by atoms with E-state index >= 15 is 0 Å². The van der Waals surface area contributed by atoms with E-state index in [0.29, 0.717) is 68.7 Å². The maximum Gasteiger partial charge on any atom is 0.253 e. The largest absolute Gasteiger partial charge is 0.486 e. The van der Waals surface area contributed by atoms with Crippen molar-refractivity contribution in [3.63, 3.8) is 0 Å². The zero-order valence-corrected chi connectivity index (χ0v) is 20.3. The van der Waals surface area contributed by atoms with E-state index in [2.05, 4.69) is 5.32 Å². The lowest BCUT2D eigenvalue weighted by atomic mass is 10.1. The Bertz CT molecular complexity index is 1110. The van der Waals surface area contributed by atoms with Gasteiger partial charge in [-0.25, -0.2) is 8.42 Å². The number of carbonyl (C=O) groups excluding carboxylic acids is 1. The van der Waals surface area contributed by atoms with Gasteiger partial charge in [-0.1, -0.05) is 26.0 Å². The van der Waals surface area contributed by atoms with Gasteiger partial charge in [0.25, 0.3) is 5.91 Å². The zero-order chi connectivity index (χ0) is 24.1. The summed E-state index contributed by atoms with van der Waals surface area (Å²) >= 11 is 0. The third-order valence-corrected chi connectivity index (χ3v) is 8.01. The number of carbonyl (C=O) groups is 1. The van der Waals surface area contributed by atoms with Crippen molar-refractivity contribution in [3.8, 4) is 11.5 Å². The third kappa shape index (κ3) is 5.13. The number of hydrogen-bond donors (Lipinski definition) is 1. The Balaban J connectivity index is 1.56. The average molecular weight is 490 g/mol. The topological polar surface area (TPSA) is 97.4 Å². The summed E-state index contributed by atoms with van der Waals surface area (Å²) in [6, 6.07) is 12.1. The standard InChI is InChI=1S/C24H31N3O6S/c1-3-27(4-2)34(29,30)19-9-10-21(26-11-13-31-14-12-26)20(15-19)24(28)25-16-18-17-32-22-7-5-6-8-23(22)33-18/h5-10,15,18H,3-4,11-14,16-17H2,1-2H3,(H,25,28)/t18-/m0/s1. The lowest BCUT2D eigenvalue weighted by molar-refractivity contribution is 0.0788. The molecule has 2 heterocycles. The van der Waals surface area contributed by atoms with Crippen LogP contribution in [0, 0.1) is 0 Å². The highest BCUT2D eigenvalue weighted by atomic mass is 32.2. The molecule has 0 saturated carbocycles. The number of nitrogens with one attached hydrogen (secondary N) is 1. The van der Waals surface area contributed by atoms with Gasteiger partial charge in [-0.05, 0) is 30.3 Å². The maximum absolute atomic E-state index is 13.3. The van der Waals surface area contributed by atoms with E-state index in [-0.39, 0.29) is 23.5 Å². The Hall–Kier alpha value is -2.82. The molecule has 1 fully saturated rings. The lowest BCUT2D eigenvalue weighted by Crippen LogP contribution is -2.42. The van der Waals surface area contributed by atoms with Crippen molar-refractivity contribution in [2.75, 3.05) is 57.4 Å². The smallest absolute Gasteiger partial charge is 0.253 e. The maximum atomic E-state index is 13.3. The highest BCUT2D eigenvalue weighted by molar-refractivity contribution is 7.89. The molecule has 0 spiro atoms. The van der Waals surface area contributed by atoms with E-state index in [1.165, 1.54) is 10.4 Å². The van der Waals surface area contributed by atoms with E-state index < -0.39 is 10.0 Å². The van der Waals surface area contributed by atoms with Crippen LogP contribution in [0.3, 0.4) is 0 Å².